The minimum atomic E-state index is -0.367. The second kappa shape index (κ2) is 6.68. The number of nitrogens with one attached hydrogen (secondary N) is 1. The zero-order valence-electron chi connectivity index (χ0n) is 15.0. The molecule has 0 bridgehead atoms. The number of aromatic amines is 1. The Morgan fingerprint density at radius 2 is 2.04 bits per heavy atom. The van der Waals surface area contributed by atoms with E-state index in [1.807, 2.05) is 35.9 Å². The lowest BCUT2D eigenvalue weighted by atomic mass is 10.1. The number of halogens is 1. The van der Waals surface area contributed by atoms with Gasteiger partial charge in [-0.2, -0.15) is 5.10 Å². The SMILES string of the molecule is CN(Cc1nc2ccccc2n1C)C(=O)c1cn[nH]c1-c1cccc(F)c1. The monoisotopic (exact) mass is 363 g/mol. The van der Waals surface area contributed by atoms with Crippen molar-refractivity contribution in [2.24, 2.45) is 7.05 Å². The van der Waals surface area contributed by atoms with Gasteiger partial charge < -0.3 is 9.47 Å². The first kappa shape index (κ1) is 17.0. The van der Waals surface area contributed by atoms with E-state index in [1.165, 1.54) is 18.3 Å². The summed E-state index contributed by atoms with van der Waals surface area (Å²) in [6.45, 7) is 0.345. The molecule has 7 heteroatoms. The number of hydrogen-bond donors (Lipinski definition) is 1. The van der Waals surface area contributed by atoms with Crippen LogP contribution in [0.25, 0.3) is 22.3 Å². The standard InChI is InChI=1S/C20H18FN5O/c1-25(12-18-23-16-8-3-4-9-17(16)26(18)2)20(27)15-11-22-24-19(15)13-6-5-7-14(21)10-13/h3-11H,12H2,1-2H3,(H,22,24). The third-order valence-corrected chi connectivity index (χ3v) is 4.59. The van der Waals surface area contributed by atoms with E-state index in [2.05, 4.69) is 15.2 Å². The van der Waals surface area contributed by atoms with Gasteiger partial charge in [0.05, 0.1) is 35.0 Å². The van der Waals surface area contributed by atoms with Crippen LogP contribution in [-0.2, 0) is 13.6 Å². The molecule has 0 atom stereocenters. The van der Waals surface area contributed by atoms with Crippen LogP contribution in [0.4, 0.5) is 4.39 Å². The molecule has 1 N–H and O–H groups in total. The van der Waals surface area contributed by atoms with Crippen LogP contribution < -0.4 is 0 Å². The molecule has 1 amide bonds. The van der Waals surface area contributed by atoms with Crippen LogP contribution in [0, 0.1) is 5.82 Å². The van der Waals surface area contributed by atoms with Gasteiger partial charge >= 0.3 is 0 Å². The van der Waals surface area contributed by atoms with E-state index in [-0.39, 0.29) is 11.7 Å². The number of carbonyl (C=O) groups is 1. The van der Waals surface area contributed by atoms with Gasteiger partial charge in [-0.05, 0) is 24.3 Å². The molecule has 2 aromatic heterocycles. The molecule has 2 heterocycles. The van der Waals surface area contributed by atoms with Crippen LogP contribution in [0.3, 0.4) is 0 Å². The van der Waals surface area contributed by atoms with Crippen LogP contribution in [-0.4, -0.2) is 37.6 Å². The summed E-state index contributed by atoms with van der Waals surface area (Å²) >= 11 is 0. The molecule has 0 saturated heterocycles. The van der Waals surface area contributed by atoms with Gasteiger partial charge in [-0.15, -0.1) is 0 Å². The van der Waals surface area contributed by atoms with E-state index in [0.717, 1.165) is 16.9 Å². The maximum Gasteiger partial charge on any atom is 0.257 e. The third kappa shape index (κ3) is 3.08. The lowest BCUT2D eigenvalue weighted by molar-refractivity contribution is 0.0781. The number of aryl methyl sites for hydroxylation is 1. The van der Waals surface area contributed by atoms with Gasteiger partial charge in [0.1, 0.15) is 11.6 Å². The fourth-order valence-electron chi connectivity index (χ4n) is 3.14. The number of benzene rings is 2. The highest BCUT2D eigenvalue weighted by Crippen LogP contribution is 2.23. The third-order valence-electron chi connectivity index (χ3n) is 4.59. The maximum absolute atomic E-state index is 13.5. The van der Waals surface area contributed by atoms with Crippen molar-refractivity contribution >= 4 is 16.9 Å². The predicted molar refractivity (Wildman–Crippen MR) is 100 cm³/mol. The van der Waals surface area contributed by atoms with Crippen LogP contribution in [0.2, 0.25) is 0 Å². The number of aromatic nitrogens is 4. The Balaban J connectivity index is 1.62. The summed E-state index contributed by atoms with van der Waals surface area (Å²) in [7, 11) is 3.64. The molecule has 4 rings (SSSR count). The fraction of sp³-hybridized carbons (Fsp3) is 0.150. The predicted octanol–water partition coefficient (Wildman–Crippen LogP) is 3.37. The van der Waals surface area contributed by atoms with E-state index >= 15 is 0 Å². The first-order chi connectivity index (χ1) is 13.0. The molecular weight excluding hydrogens is 345 g/mol. The molecule has 136 valence electrons. The first-order valence-corrected chi connectivity index (χ1v) is 8.49. The minimum Gasteiger partial charge on any atom is -0.334 e. The highest BCUT2D eigenvalue weighted by molar-refractivity contribution is 5.99. The molecule has 0 radical (unpaired) electrons. The number of rotatable bonds is 4. The van der Waals surface area contributed by atoms with Gasteiger partial charge in [-0.3, -0.25) is 9.89 Å². The molecule has 0 aliphatic carbocycles. The summed E-state index contributed by atoms with van der Waals surface area (Å²) < 4.78 is 15.5. The Morgan fingerprint density at radius 1 is 1.22 bits per heavy atom. The normalized spacial score (nSPS) is 11.1. The molecule has 0 saturated carbocycles. The number of imidazole rings is 1. The summed E-state index contributed by atoms with van der Waals surface area (Å²) in [5.41, 5.74) is 3.36. The molecule has 0 aliphatic heterocycles. The van der Waals surface area contributed by atoms with E-state index in [9.17, 15) is 9.18 Å². The Hall–Kier alpha value is -3.48. The molecule has 27 heavy (non-hydrogen) atoms. The summed E-state index contributed by atoms with van der Waals surface area (Å²) in [5.74, 6) is 0.200. The summed E-state index contributed by atoms with van der Waals surface area (Å²) in [5, 5.41) is 6.77. The Bertz CT molecular complexity index is 1130. The second-order valence-corrected chi connectivity index (χ2v) is 6.41. The second-order valence-electron chi connectivity index (χ2n) is 6.41. The van der Waals surface area contributed by atoms with Crippen molar-refractivity contribution in [2.45, 2.75) is 6.54 Å². The van der Waals surface area contributed by atoms with Crippen molar-refractivity contribution in [2.75, 3.05) is 7.05 Å². The van der Waals surface area contributed by atoms with Crippen molar-refractivity contribution in [1.29, 1.82) is 0 Å². The molecule has 4 aromatic rings. The average molecular weight is 363 g/mol. The van der Waals surface area contributed by atoms with Crippen molar-refractivity contribution < 1.29 is 9.18 Å². The van der Waals surface area contributed by atoms with Gasteiger partial charge in [-0.25, -0.2) is 9.37 Å². The summed E-state index contributed by atoms with van der Waals surface area (Å²) in [4.78, 5) is 19.1. The number of fused-ring (bicyclic) bond motifs is 1. The fourth-order valence-corrected chi connectivity index (χ4v) is 3.14. The topological polar surface area (TPSA) is 66.8 Å². The molecule has 6 nitrogen and oxygen atoms in total. The number of hydrogen-bond acceptors (Lipinski definition) is 3. The Labute approximate surface area is 155 Å². The zero-order chi connectivity index (χ0) is 19.0. The Morgan fingerprint density at radius 3 is 2.81 bits per heavy atom. The largest absolute Gasteiger partial charge is 0.334 e. The van der Waals surface area contributed by atoms with Crippen LogP contribution in [0.15, 0.2) is 54.7 Å². The van der Waals surface area contributed by atoms with Crippen LogP contribution in [0.5, 0.6) is 0 Å². The molecule has 2 aromatic carbocycles. The highest BCUT2D eigenvalue weighted by Gasteiger charge is 2.21. The van der Waals surface area contributed by atoms with Gasteiger partial charge in [0.25, 0.3) is 5.91 Å². The van der Waals surface area contributed by atoms with Gasteiger partial charge in [-0.1, -0.05) is 24.3 Å². The van der Waals surface area contributed by atoms with Gasteiger partial charge in [0, 0.05) is 19.7 Å². The summed E-state index contributed by atoms with van der Waals surface area (Å²) in [6.07, 6.45) is 1.47. The molecule has 0 aliphatic rings. The van der Waals surface area contributed by atoms with E-state index in [1.54, 1.807) is 24.1 Å². The number of H-pyrrole nitrogens is 1. The molecular formula is C20H18FN5O. The number of carbonyl (C=O) groups excluding carboxylic acids is 1. The number of para-hydroxylation sites is 2. The first-order valence-electron chi connectivity index (χ1n) is 8.49. The summed E-state index contributed by atoms with van der Waals surface area (Å²) in [6, 6.07) is 13.9. The van der Waals surface area contributed by atoms with Gasteiger partial charge in [0.2, 0.25) is 0 Å². The van der Waals surface area contributed by atoms with Crippen molar-refractivity contribution in [1.82, 2.24) is 24.6 Å². The minimum absolute atomic E-state index is 0.213. The van der Waals surface area contributed by atoms with E-state index in [0.29, 0.717) is 23.4 Å². The van der Waals surface area contributed by atoms with E-state index in [4.69, 9.17) is 0 Å². The highest BCUT2D eigenvalue weighted by atomic mass is 19.1. The van der Waals surface area contributed by atoms with Gasteiger partial charge in [0.15, 0.2) is 0 Å². The quantitative estimate of drug-likeness (QED) is 0.604. The van der Waals surface area contributed by atoms with Crippen molar-refractivity contribution in [3.8, 4) is 11.3 Å². The molecule has 0 unspecified atom stereocenters. The van der Waals surface area contributed by atoms with Crippen molar-refractivity contribution in [3.05, 3.63) is 71.9 Å². The average Bonchev–Trinajstić information content (AvgIpc) is 3.27. The smallest absolute Gasteiger partial charge is 0.257 e. The maximum atomic E-state index is 13.5. The zero-order valence-corrected chi connectivity index (χ0v) is 15.0. The van der Waals surface area contributed by atoms with Crippen LogP contribution in [0.1, 0.15) is 16.2 Å². The lowest BCUT2D eigenvalue weighted by Gasteiger charge is -2.17. The van der Waals surface area contributed by atoms with Crippen molar-refractivity contribution in [3.63, 3.8) is 0 Å². The Kier molecular flexibility index (Phi) is 4.19. The number of amides is 1. The van der Waals surface area contributed by atoms with Crippen LogP contribution >= 0.6 is 0 Å². The number of nitrogens with zero attached hydrogens (tertiary/aromatic N) is 4. The van der Waals surface area contributed by atoms with E-state index < -0.39 is 0 Å². The molecule has 0 spiro atoms. The lowest BCUT2D eigenvalue weighted by Crippen LogP contribution is -2.27. The molecule has 0 fully saturated rings.